The minimum Gasteiger partial charge on any atom is -0.294 e. The molecule has 0 aliphatic carbocycles. The highest BCUT2D eigenvalue weighted by molar-refractivity contribution is 6.30. The van der Waals surface area contributed by atoms with E-state index >= 15 is 0 Å². The first kappa shape index (κ1) is 18.5. The Labute approximate surface area is 175 Å². The zero-order valence-electron chi connectivity index (χ0n) is 16.2. The van der Waals surface area contributed by atoms with E-state index in [1.165, 1.54) is 29.7 Å². The lowest BCUT2D eigenvalue weighted by atomic mass is 10.0. The van der Waals surface area contributed by atoms with Crippen LogP contribution in [0.15, 0.2) is 41.7 Å². The van der Waals surface area contributed by atoms with E-state index in [1.807, 2.05) is 36.7 Å². The molecule has 5 rings (SSSR count). The molecule has 0 atom stereocenters. The van der Waals surface area contributed by atoms with Gasteiger partial charge in [0.2, 0.25) is 0 Å². The van der Waals surface area contributed by atoms with Crippen LogP contribution < -0.4 is 0 Å². The Hall–Kier alpha value is -2.57. The maximum absolute atomic E-state index is 6.02. The summed E-state index contributed by atoms with van der Waals surface area (Å²) in [6, 6.07) is 7.86. The predicted molar refractivity (Wildman–Crippen MR) is 114 cm³/mol. The highest BCUT2D eigenvalue weighted by Crippen LogP contribution is 2.26. The molecule has 0 bridgehead atoms. The van der Waals surface area contributed by atoms with E-state index in [1.54, 1.807) is 0 Å². The standard InChI is InChI=1S/C22H23ClN6/c23-18-6-4-15(5-7-18)21-17(12-26-28-21)14-29-10-8-19-16(13-29)11-25-22(27-19)20-3-1-2-9-24-20/h4-7,11-12H,1-3,8-10,13-14H2,(H,26,28). The minimum atomic E-state index is 0.737. The largest absolute Gasteiger partial charge is 0.294 e. The van der Waals surface area contributed by atoms with Crippen molar-refractivity contribution in [2.45, 2.75) is 38.8 Å². The van der Waals surface area contributed by atoms with Gasteiger partial charge in [-0.2, -0.15) is 5.10 Å². The molecule has 0 amide bonds. The molecule has 2 aliphatic rings. The van der Waals surface area contributed by atoms with Gasteiger partial charge in [0.15, 0.2) is 5.82 Å². The average Bonchev–Trinajstić information content (AvgIpc) is 3.22. The summed E-state index contributed by atoms with van der Waals surface area (Å²) in [6.07, 6.45) is 8.21. The monoisotopic (exact) mass is 406 g/mol. The quantitative estimate of drug-likeness (QED) is 0.709. The van der Waals surface area contributed by atoms with Crippen LogP contribution in [0.5, 0.6) is 0 Å². The molecule has 2 aromatic heterocycles. The van der Waals surface area contributed by atoms with Crippen LogP contribution in [0.1, 0.15) is 41.9 Å². The maximum Gasteiger partial charge on any atom is 0.173 e. The van der Waals surface area contributed by atoms with Gasteiger partial charge in [-0.15, -0.1) is 0 Å². The normalized spacial score (nSPS) is 17.1. The van der Waals surface area contributed by atoms with Crippen molar-refractivity contribution in [2.24, 2.45) is 4.99 Å². The van der Waals surface area contributed by atoms with E-state index in [4.69, 9.17) is 16.6 Å². The highest BCUT2D eigenvalue weighted by Gasteiger charge is 2.21. The molecule has 0 saturated carbocycles. The van der Waals surface area contributed by atoms with E-state index in [0.717, 1.165) is 66.8 Å². The summed E-state index contributed by atoms with van der Waals surface area (Å²) >= 11 is 6.02. The molecule has 4 heterocycles. The highest BCUT2D eigenvalue weighted by atomic mass is 35.5. The number of rotatable bonds is 4. The maximum atomic E-state index is 6.02. The number of H-pyrrole nitrogens is 1. The van der Waals surface area contributed by atoms with Crippen molar-refractivity contribution in [3.8, 4) is 11.3 Å². The number of aromatic amines is 1. The number of halogens is 1. The first-order valence-corrected chi connectivity index (χ1v) is 10.5. The Kier molecular flexibility index (Phi) is 5.12. The predicted octanol–water partition coefficient (Wildman–Crippen LogP) is 4.05. The second-order valence-corrected chi connectivity index (χ2v) is 8.13. The summed E-state index contributed by atoms with van der Waals surface area (Å²) < 4.78 is 0. The summed E-state index contributed by atoms with van der Waals surface area (Å²) in [4.78, 5) is 16.5. The van der Waals surface area contributed by atoms with Crippen molar-refractivity contribution in [3.63, 3.8) is 0 Å². The molecular formula is C22H23ClN6. The van der Waals surface area contributed by atoms with E-state index < -0.39 is 0 Å². The Morgan fingerprint density at radius 1 is 1.07 bits per heavy atom. The third-order valence-corrected chi connectivity index (χ3v) is 5.89. The van der Waals surface area contributed by atoms with Gasteiger partial charge in [0.05, 0.1) is 23.3 Å². The molecule has 6 nitrogen and oxygen atoms in total. The number of fused-ring (bicyclic) bond motifs is 1. The number of benzene rings is 1. The van der Waals surface area contributed by atoms with Crippen molar-refractivity contribution in [1.82, 2.24) is 25.1 Å². The first-order chi connectivity index (χ1) is 14.3. The molecule has 0 spiro atoms. The fraction of sp³-hybridized carbons (Fsp3) is 0.364. The van der Waals surface area contributed by atoms with Gasteiger partial charge in [-0.05, 0) is 37.0 Å². The molecule has 0 saturated heterocycles. The molecule has 148 valence electrons. The van der Waals surface area contributed by atoms with Crippen molar-refractivity contribution in [1.29, 1.82) is 0 Å². The molecule has 0 fully saturated rings. The average molecular weight is 407 g/mol. The summed E-state index contributed by atoms with van der Waals surface area (Å²) in [7, 11) is 0. The fourth-order valence-corrected chi connectivity index (χ4v) is 4.19. The number of nitrogens with zero attached hydrogens (tertiary/aromatic N) is 5. The van der Waals surface area contributed by atoms with Crippen LogP contribution in [0.3, 0.4) is 0 Å². The lowest BCUT2D eigenvalue weighted by Gasteiger charge is -2.28. The fourth-order valence-electron chi connectivity index (χ4n) is 4.07. The van der Waals surface area contributed by atoms with Gasteiger partial charge in [-0.25, -0.2) is 9.97 Å². The summed E-state index contributed by atoms with van der Waals surface area (Å²) in [5, 5.41) is 8.15. The molecule has 0 unspecified atom stereocenters. The van der Waals surface area contributed by atoms with Gasteiger partial charge in [0.1, 0.15) is 0 Å². The molecule has 7 heteroatoms. The Morgan fingerprint density at radius 3 is 2.79 bits per heavy atom. The minimum absolute atomic E-state index is 0.737. The lowest BCUT2D eigenvalue weighted by molar-refractivity contribution is 0.243. The first-order valence-electron chi connectivity index (χ1n) is 10.2. The van der Waals surface area contributed by atoms with Crippen LogP contribution >= 0.6 is 11.6 Å². The number of aromatic nitrogens is 4. The van der Waals surface area contributed by atoms with Crippen LogP contribution in [0.2, 0.25) is 5.02 Å². The Balaban J connectivity index is 1.31. The Bertz CT molecular complexity index is 1040. The third-order valence-electron chi connectivity index (χ3n) is 5.64. The summed E-state index contributed by atoms with van der Waals surface area (Å²) in [6.45, 7) is 3.57. The summed E-state index contributed by atoms with van der Waals surface area (Å²) in [5.74, 6) is 0.830. The molecule has 3 aromatic rings. The van der Waals surface area contributed by atoms with Crippen LogP contribution in [0.25, 0.3) is 11.3 Å². The van der Waals surface area contributed by atoms with Crippen molar-refractivity contribution < 1.29 is 0 Å². The van der Waals surface area contributed by atoms with E-state index in [0.29, 0.717) is 0 Å². The smallest absolute Gasteiger partial charge is 0.173 e. The van der Waals surface area contributed by atoms with Crippen LogP contribution in [0, 0.1) is 0 Å². The van der Waals surface area contributed by atoms with Crippen LogP contribution in [-0.4, -0.2) is 43.9 Å². The van der Waals surface area contributed by atoms with E-state index in [2.05, 4.69) is 25.1 Å². The number of nitrogens with one attached hydrogen (secondary N) is 1. The SMILES string of the molecule is Clc1ccc(-c2[nH]ncc2CN2CCc3nc(C4=NCCCC4)ncc3C2)cc1. The van der Waals surface area contributed by atoms with E-state index in [-0.39, 0.29) is 0 Å². The molecule has 0 radical (unpaired) electrons. The number of hydrogen-bond donors (Lipinski definition) is 1. The van der Waals surface area contributed by atoms with Crippen LogP contribution in [0.4, 0.5) is 0 Å². The Morgan fingerprint density at radius 2 is 1.97 bits per heavy atom. The second-order valence-electron chi connectivity index (χ2n) is 7.69. The zero-order chi connectivity index (χ0) is 19.6. The van der Waals surface area contributed by atoms with Crippen LogP contribution in [-0.2, 0) is 19.5 Å². The van der Waals surface area contributed by atoms with Gasteiger partial charge in [0.25, 0.3) is 0 Å². The zero-order valence-corrected chi connectivity index (χ0v) is 17.0. The molecule has 1 N–H and O–H groups in total. The van der Waals surface area contributed by atoms with E-state index in [9.17, 15) is 0 Å². The van der Waals surface area contributed by atoms with Crippen molar-refractivity contribution >= 4 is 17.3 Å². The molecule has 1 aromatic carbocycles. The third kappa shape index (κ3) is 3.95. The number of hydrogen-bond acceptors (Lipinski definition) is 5. The van der Waals surface area contributed by atoms with Gasteiger partial charge in [-0.3, -0.25) is 15.0 Å². The van der Waals surface area contributed by atoms with Crippen molar-refractivity contribution in [3.05, 3.63) is 64.3 Å². The van der Waals surface area contributed by atoms with Gasteiger partial charge in [-0.1, -0.05) is 23.7 Å². The van der Waals surface area contributed by atoms with Gasteiger partial charge in [0, 0.05) is 54.9 Å². The summed E-state index contributed by atoms with van der Waals surface area (Å²) in [5.41, 5.74) is 6.80. The second kappa shape index (κ2) is 8.05. The lowest BCUT2D eigenvalue weighted by Crippen LogP contribution is -2.31. The van der Waals surface area contributed by atoms with Gasteiger partial charge < -0.3 is 0 Å². The topological polar surface area (TPSA) is 70.1 Å². The molecular weight excluding hydrogens is 384 g/mol. The molecule has 2 aliphatic heterocycles. The van der Waals surface area contributed by atoms with Crippen molar-refractivity contribution in [2.75, 3.05) is 13.1 Å². The molecule has 29 heavy (non-hydrogen) atoms. The van der Waals surface area contributed by atoms with Gasteiger partial charge >= 0.3 is 0 Å². The number of aliphatic imine (C=N–C) groups is 1.